The molecule has 1 N–H and O–H groups in total. The third kappa shape index (κ3) is 3.38. The summed E-state index contributed by atoms with van der Waals surface area (Å²) in [6, 6.07) is 7.72. The lowest BCUT2D eigenvalue weighted by molar-refractivity contribution is -0.139. The van der Waals surface area contributed by atoms with Crippen LogP contribution in [0.1, 0.15) is 17.5 Å². The molecule has 1 aliphatic heterocycles. The van der Waals surface area contributed by atoms with Crippen LogP contribution in [0.5, 0.6) is 0 Å². The molecule has 0 aliphatic carbocycles. The van der Waals surface area contributed by atoms with Crippen LogP contribution < -0.4 is 0 Å². The number of rotatable bonds is 3. The van der Waals surface area contributed by atoms with Crippen LogP contribution in [0.15, 0.2) is 30.3 Å². The van der Waals surface area contributed by atoms with E-state index in [0.29, 0.717) is 19.5 Å². The highest BCUT2D eigenvalue weighted by Gasteiger charge is 2.16. The molecule has 0 saturated carbocycles. The van der Waals surface area contributed by atoms with Crippen molar-refractivity contribution in [3.63, 3.8) is 0 Å². The molecular formula is C15H17NO4. The Balaban J connectivity index is 2.04. The third-order valence-corrected chi connectivity index (χ3v) is 3.38. The van der Waals surface area contributed by atoms with Gasteiger partial charge in [-0.25, -0.2) is 4.79 Å². The van der Waals surface area contributed by atoms with E-state index in [2.05, 4.69) is 4.74 Å². The van der Waals surface area contributed by atoms with Crippen molar-refractivity contribution < 1.29 is 19.4 Å². The predicted octanol–water partition coefficient (Wildman–Crippen LogP) is 2.17. The molecule has 0 unspecified atom stereocenters. The first-order valence-corrected chi connectivity index (χ1v) is 6.43. The van der Waals surface area contributed by atoms with Gasteiger partial charge < -0.3 is 14.7 Å². The number of carbonyl (C=O) groups excluding carboxylic acids is 1. The van der Waals surface area contributed by atoms with Gasteiger partial charge in [-0.05, 0) is 23.1 Å². The molecule has 20 heavy (non-hydrogen) atoms. The van der Waals surface area contributed by atoms with Crippen LogP contribution in [-0.4, -0.2) is 42.3 Å². The summed E-state index contributed by atoms with van der Waals surface area (Å²) in [7, 11) is 1.37. The van der Waals surface area contributed by atoms with Gasteiger partial charge in [-0.2, -0.15) is 0 Å². The van der Waals surface area contributed by atoms with Crippen LogP contribution in [0, 0.1) is 0 Å². The van der Waals surface area contributed by atoms with E-state index >= 15 is 0 Å². The fourth-order valence-corrected chi connectivity index (χ4v) is 2.18. The van der Waals surface area contributed by atoms with Crippen molar-refractivity contribution in [1.82, 2.24) is 4.90 Å². The zero-order valence-corrected chi connectivity index (χ0v) is 11.3. The minimum atomic E-state index is -0.881. The number of carboxylic acid groups (broad SMARTS) is 1. The summed E-state index contributed by atoms with van der Waals surface area (Å²) in [5, 5.41) is 8.89. The van der Waals surface area contributed by atoms with E-state index in [-0.39, 0.29) is 12.4 Å². The summed E-state index contributed by atoms with van der Waals surface area (Å²) in [5.74, 6) is -0.258. The number of hydrogen-bond donors (Lipinski definition) is 1. The SMILES string of the molecule is COC(=O)Cc1ccc(C2=CCN(C(=O)O)CC2)cc1. The van der Waals surface area contributed by atoms with E-state index in [0.717, 1.165) is 16.7 Å². The molecule has 1 aromatic carbocycles. The number of benzene rings is 1. The molecule has 0 radical (unpaired) electrons. The smallest absolute Gasteiger partial charge is 0.407 e. The van der Waals surface area contributed by atoms with E-state index in [1.807, 2.05) is 30.3 Å². The Morgan fingerprint density at radius 2 is 2.00 bits per heavy atom. The van der Waals surface area contributed by atoms with Gasteiger partial charge in [0.1, 0.15) is 0 Å². The van der Waals surface area contributed by atoms with Gasteiger partial charge in [-0.1, -0.05) is 30.3 Å². The Labute approximate surface area is 117 Å². The molecule has 2 rings (SSSR count). The highest BCUT2D eigenvalue weighted by molar-refractivity contribution is 5.74. The van der Waals surface area contributed by atoms with E-state index < -0.39 is 6.09 Å². The monoisotopic (exact) mass is 275 g/mol. The molecule has 106 valence electrons. The number of carbonyl (C=O) groups is 2. The second kappa shape index (κ2) is 6.23. The molecule has 1 aromatic rings. The van der Waals surface area contributed by atoms with E-state index in [1.165, 1.54) is 12.0 Å². The molecule has 0 fully saturated rings. The van der Waals surface area contributed by atoms with Crippen LogP contribution in [0.4, 0.5) is 4.79 Å². The minimum Gasteiger partial charge on any atom is -0.469 e. The molecule has 0 atom stereocenters. The maximum atomic E-state index is 11.2. The Hall–Kier alpha value is -2.30. The van der Waals surface area contributed by atoms with Crippen LogP contribution in [0.3, 0.4) is 0 Å². The van der Waals surface area contributed by atoms with Gasteiger partial charge in [0.2, 0.25) is 0 Å². The first-order chi connectivity index (χ1) is 9.60. The number of ether oxygens (including phenoxy) is 1. The number of hydrogen-bond acceptors (Lipinski definition) is 3. The molecule has 0 bridgehead atoms. The van der Waals surface area contributed by atoms with E-state index in [1.54, 1.807) is 0 Å². The quantitative estimate of drug-likeness (QED) is 0.858. The van der Waals surface area contributed by atoms with Crippen molar-refractivity contribution in [3.8, 4) is 0 Å². The molecule has 5 heteroatoms. The van der Waals surface area contributed by atoms with Crippen molar-refractivity contribution in [3.05, 3.63) is 41.5 Å². The Morgan fingerprint density at radius 1 is 1.30 bits per heavy atom. The van der Waals surface area contributed by atoms with Crippen LogP contribution in [-0.2, 0) is 16.0 Å². The van der Waals surface area contributed by atoms with Crippen molar-refractivity contribution in [1.29, 1.82) is 0 Å². The fourth-order valence-electron chi connectivity index (χ4n) is 2.18. The van der Waals surface area contributed by atoms with Gasteiger partial charge in [0, 0.05) is 13.1 Å². The zero-order chi connectivity index (χ0) is 14.5. The topological polar surface area (TPSA) is 66.8 Å². The summed E-state index contributed by atoms with van der Waals surface area (Å²) in [6.07, 6.45) is 2.03. The molecule has 0 aromatic heterocycles. The lowest BCUT2D eigenvalue weighted by atomic mass is 9.98. The number of amides is 1. The maximum absolute atomic E-state index is 11.2. The number of esters is 1. The molecule has 1 heterocycles. The van der Waals surface area contributed by atoms with E-state index in [9.17, 15) is 9.59 Å². The van der Waals surface area contributed by atoms with Gasteiger partial charge in [0.25, 0.3) is 0 Å². The van der Waals surface area contributed by atoms with Crippen molar-refractivity contribution in [2.24, 2.45) is 0 Å². The Kier molecular flexibility index (Phi) is 4.40. The van der Waals surface area contributed by atoms with Gasteiger partial charge in [0.15, 0.2) is 0 Å². The highest BCUT2D eigenvalue weighted by Crippen LogP contribution is 2.22. The zero-order valence-electron chi connectivity index (χ0n) is 11.3. The van der Waals surface area contributed by atoms with Gasteiger partial charge in [-0.15, -0.1) is 0 Å². The average molecular weight is 275 g/mol. The van der Waals surface area contributed by atoms with Crippen molar-refractivity contribution in [2.45, 2.75) is 12.8 Å². The molecule has 5 nitrogen and oxygen atoms in total. The van der Waals surface area contributed by atoms with Crippen molar-refractivity contribution >= 4 is 17.6 Å². The first kappa shape index (κ1) is 14.1. The second-order valence-electron chi connectivity index (χ2n) is 4.66. The summed E-state index contributed by atoms with van der Waals surface area (Å²) in [6.45, 7) is 0.944. The maximum Gasteiger partial charge on any atom is 0.407 e. The van der Waals surface area contributed by atoms with Crippen LogP contribution >= 0.6 is 0 Å². The standard InChI is InChI=1S/C15H17NO4/c1-20-14(17)10-11-2-4-12(5-3-11)13-6-8-16(9-7-13)15(18)19/h2-6H,7-10H2,1H3,(H,18,19). The fraction of sp³-hybridized carbons (Fsp3) is 0.333. The van der Waals surface area contributed by atoms with E-state index in [4.69, 9.17) is 5.11 Å². The third-order valence-electron chi connectivity index (χ3n) is 3.38. The molecule has 0 spiro atoms. The lowest BCUT2D eigenvalue weighted by Crippen LogP contribution is -2.33. The minimum absolute atomic E-state index is 0.258. The Morgan fingerprint density at radius 3 is 2.50 bits per heavy atom. The summed E-state index contributed by atoms with van der Waals surface area (Å²) in [5.41, 5.74) is 3.12. The average Bonchev–Trinajstić information content (AvgIpc) is 2.48. The number of methoxy groups -OCH3 is 1. The number of nitrogens with zero attached hydrogens (tertiary/aromatic N) is 1. The lowest BCUT2D eigenvalue weighted by Gasteiger charge is -2.23. The first-order valence-electron chi connectivity index (χ1n) is 6.43. The Bertz CT molecular complexity index is 533. The molecule has 1 aliphatic rings. The van der Waals surface area contributed by atoms with Gasteiger partial charge >= 0.3 is 12.1 Å². The second-order valence-corrected chi connectivity index (χ2v) is 4.66. The summed E-state index contributed by atoms with van der Waals surface area (Å²) in [4.78, 5) is 23.4. The van der Waals surface area contributed by atoms with Gasteiger partial charge in [-0.3, -0.25) is 4.79 Å². The van der Waals surface area contributed by atoms with Gasteiger partial charge in [0.05, 0.1) is 13.5 Å². The molecular weight excluding hydrogens is 258 g/mol. The highest BCUT2D eigenvalue weighted by atomic mass is 16.5. The predicted molar refractivity (Wildman–Crippen MR) is 74.4 cm³/mol. The van der Waals surface area contributed by atoms with Crippen molar-refractivity contribution in [2.75, 3.05) is 20.2 Å². The summed E-state index contributed by atoms with van der Waals surface area (Å²) < 4.78 is 4.62. The van der Waals surface area contributed by atoms with Crippen LogP contribution in [0.25, 0.3) is 5.57 Å². The molecule has 0 saturated heterocycles. The molecule has 1 amide bonds. The summed E-state index contributed by atoms with van der Waals surface area (Å²) >= 11 is 0. The normalized spacial score (nSPS) is 14.7. The van der Waals surface area contributed by atoms with Crippen LogP contribution in [0.2, 0.25) is 0 Å². The largest absolute Gasteiger partial charge is 0.469 e.